The van der Waals surface area contributed by atoms with E-state index in [1.54, 1.807) is 0 Å². The fourth-order valence-electron chi connectivity index (χ4n) is 10.7. The highest BCUT2D eigenvalue weighted by Crippen LogP contribution is 2.74. The number of carbonyl (C=O) groups excluding carboxylic acids is 3. The van der Waals surface area contributed by atoms with Gasteiger partial charge in [-0.3, -0.25) is 14.4 Å². The van der Waals surface area contributed by atoms with E-state index in [1.165, 1.54) is 26.0 Å². The molecule has 4 fully saturated rings. The highest BCUT2D eigenvalue weighted by atomic mass is 16.5. The van der Waals surface area contributed by atoms with Gasteiger partial charge >= 0.3 is 11.9 Å². The molecule has 0 bridgehead atoms. The third kappa shape index (κ3) is 3.50. The molecule has 0 spiro atoms. The predicted octanol–water partition coefficient (Wildman–Crippen LogP) is 6.83. The highest BCUT2D eigenvalue weighted by molar-refractivity contribution is 6.07. The number of carbonyl (C=O) groups is 3. The lowest BCUT2D eigenvalue weighted by molar-refractivity contribution is -0.191. The summed E-state index contributed by atoms with van der Waals surface area (Å²) in [4.78, 5) is 39.4. The Morgan fingerprint density at radius 2 is 1.62 bits per heavy atom. The lowest BCUT2D eigenvalue weighted by Crippen LogP contribution is -2.63. The van der Waals surface area contributed by atoms with Crippen LogP contribution in [0.3, 0.4) is 0 Å². The van der Waals surface area contributed by atoms with E-state index >= 15 is 0 Å². The van der Waals surface area contributed by atoms with Crippen molar-refractivity contribution in [1.82, 2.24) is 0 Å². The lowest BCUT2D eigenvalue weighted by atomic mass is 9.35. The second kappa shape index (κ2) is 8.42. The Hall–Kier alpha value is -1.65. The van der Waals surface area contributed by atoms with Gasteiger partial charge in [0.2, 0.25) is 0 Å². The normalized spacial score (nSPS) is 46.6. The van der Waals surface area contributed by atoms with Crippen molar-refractivity contribution >= 4 is 17.7 Å². The van der Waals surface area contributed by atoms with Crippen LogP contribution in [0.5, 0.6) is 0 Å². The zero-order valence-corrected chi connectivity index (χ0v) is 24.4. The largest absolute Gasteiger partial charge is 0.468 e. The van der Waals surface area contributed by atoms with Gasteiger partial charge in [-0.15, -0.1) is 0 Å². The standard InChI is InChI=1S/C32H48O5/c1-19-17-21(37-20(2)33)18-29(5)22(19)11-12-31(7)24(29)10-9-23-25-26(34)28(3,4)13-15-32(25,27(35)36-8)16-14-30(23,31)6/h19,21-22,24H,9-18H2,1-8H3/t19-,21+,22+,24-,29+,30-,31-,32+/m1/s1. The first-order valence-electron chi connectivity index (χ1n) is 14.7. The quantitative estimate of drug-likeness (QED) is 0.380. The molecule has 5 aliphatic rings. The van der Waals surface area contributed by atoms with E-state index < -0.39 is 10.8 Å². The van der Waals surface area contributed by atoms with Gasteiger partial charge in [0.05, 0.1) is 12.5 Å². The number of ether oxygens (including phenoxy) is 2. The van der Waals surface area contributed by atoms with Crippen molar-refractivity contribution in [2.45, 2.75) is 119 Å². The third-order valence-corrected chi connectivity index (χ3v) is 12.7. The van der Waals surface area contributed by atoms with Gasteiger partial charge in [0.1, 0.15) is 6.10 Å². The number of Topliss-reactive ketones (excluding diaryl/α,β-unsaturated/α-hetero) is 1. The molecule has 0 aliphatic heterocycles. The number of ketones is 1. The van der Waals surface area contributed by atoms with Crippen LogP contribution in [0.15, 0.2) is 11.1 Å². The van der Waals surface area contributed by atoms with Crippen LogP contribution < -0.4 is 0 Å². The molecule has 0 heterocycles. The summed E-state index contributed by atoms with van der Waals surface area (Å²) in [6.45, 7) is 15.4. The fourth-order valence-corrected chi connectivity index (χ4v) is 10.7. The molecule has 5 rings (SSSR count). The smallest absolute Gasteiger partial charge is 0.316 e. The van der Waals surface area contributed by atoms with Gasteiger partial charge in [-0.25, -0.2) is 0 Å². The molecule has 5 heteroatoms. The predicted molar refractivity (Wildman–Crippen MR) is 142 cm³/mol. The van der Waals surface area contributed by atoms with Crippen LogP contribution in [-0.2, 0) is 23.9 Å². The average Bonchev–Trinajstić information content (AvgIpc) is 2.80. The number of esters is 2. The minimum atomic E-state index is -0.778. The Kier molecular flexibility index (Phi) is 6.13. The number of fused-ring (bicyclic) bond motifs is 6. The topological polar surface area (TPSA) is 69.7 Å². The summed E-state index contributed by atoms with van der Waals surface area (Å²) in [6, 6.07) is 0. The SMILES string of the molecule is COC(=O)[C@]12CCC(C)(C)C(=O)C1=C1CC[C@@H]3[C@@]4(C)C[C@@H](OC(C)=O)C[C@@H](C)[C@@H]4CC[C@@]3(C)[C@]1(C)CC2. The number of hydrogen-bond donors (Lipinski definition) is 0. The fraction of sp³-hybridized carbons (Fsp3) is 0.844. The molecule has 0 amide bonds. The highest BCUT2D eigenvalue weighted by Gasteiger charge is 2.68. The van der Waals surface area contributed by atoms with Gasteiger partial charge in [0, 0.05) is 17.9 Å². The Morgan fingerprint density at radius 3 is 2.27 bits per heavy atom. The minimum Gasteiger partial charge on any atom is -0.468 e. The first-order valence-corrected chi connectivity index (χ1v) is 14.7. The second-order valence-electron chi connectivity index (χ2n) is 14.8. The summed E-state index contributed by atoms with van der Waals surface area (Å²) in [5.74, 6) is 1.43. The Labute approximate surface area is 223 Å². The van der Waals surface area contributed by atoms with E-state index in [4.69, 9.17) is 9.47 Å². The van der Waals surface area contributed by atoms with Gasteiger partial charge in [0.15, 0.2) is 5.78 Å². The van der Waals surface area contributed by atoms with Crippen LogP contribution in [0.1, 0.15) is 113 Å². The van der Waals surface area contributed by atoms with E-state index in [-0.39, 0.29) is 40.1 Å². The van der Waals surface area contributed by atoms with Gasteiger partial charge in [0.25, 0.3) is 0 Å². The van der Waals surface area contributed by atoms with Crippen molar-refractivity contribution in [2.24, 2.45) is 44.8 Å². The summed E-state index contributed by atoms with van der Waals surface area (Å²) in [5, 5.41) is 0. The van der Waals surface area contributed by atoms with Crippen LogP contribution in [-0.4, -0.2) is 30.9 Å². The van der Waals surface area contributed by atoms with Crippen molar-refractivity contribution in [3.8, 4) is 0 Å². The van der Waals surface area contributed by atoms with Crippen molar-refractivity contribution < 1.29 is 23.9 Å². The van der Waals surface area contributed by atoms with Crippen LogP contribution in [0.2, 0.25) is 0 Å². The molecule has 0 N–H and O–H groups in total. The molecule has 206 valence electrons. The Balaban J connectivity index is 1.62. The van der Waals surface area contributed by atoms with Crippen LogP contribution >= 0.6 is 0 Å². The van der Waals surface area contributed by atoms with Crippen molar-refractivity contribution in [2.75, 3.05) is 7.11 Å². The third-order valence-electron chi connectivity index (χ3n) is 12.7. The maximum atomic E-state index is 14.1. The van der Waals surface area contributed by atoms with Gasteiger partial charge < -0.3 is 9.47 Å². The molecule has 0 aromatic carbocycles. The molecule has 4 saturated carbocycles. The lowest BCUT2D eigenvalue weighted by Gasteiger charge is -2.69. The summed E-state index contributed by atoms with van der Waals surface area (Å²) >= 11 is 0. The zero-order valence-electron chi connectivity index (χ0n) is 24.4. The van der Waals surface area contributed by atoms with Crippen molar-refractivity contribution in [3.63, 3.8) is 0 Å². The van der Waals surface area contributed by atoms with Crippen LogP contribution in [0.25, 0.3) is 0 Å². The van der Waals surface area contributed by atoms with E-state index in [1.807, 2.05) is 13.8 Å². The molecule has 37 heavy (non-hydrogen) atoms. The summed E-state index contributed by atoms with van der Waals surface area (Å²) in [7, 11) is 1.47. The minimum absolute atomic E-state index is 0.0114. The van der Waals surface area contributed by atoms with Crippen molar-refractivity contribution in [1.29, 1.82) is 0 Å². The van der Waals surface area contributed by atoms with E-state index in [2.05, 4.69) is 27.7 Å². The molecule has 0 aromatic heterocycles. The maximum absolute atomic E-state index is 14.1. The Morgan fingerprint density at radius 1 is 0.946 bits per heavy atom. The molecule has 5 aliphatic carbocycles. The van der Waals surface area contributed by atoms with Gasteiger partial charge in [-0.2, -0.15) is 0 Å². The summed E-state index contributed by atoms with van der Waals surface area (Å²) < 4.78 is 11.2. The molecule has 0 unspecified atom stereocenters. The molecule has 0 aromatic rings. The van der Waals surface area contributed by atoms with Gasteiger partial charge in [-0.1, -0.05) is 47.1 Å². The molecule has 0 saturated heterocycles. The van der Waals surface area contributed by atoms with E-state index in [0.29, 0.717) is 30.6 Å². The Bertz CT molecular complexity index is 1060. The van der Waals surface area contributed by atoms with Crippen LogP contribution in [0.4, 0.5) is 0 Å². The average molecular weight is 513 g/mol. The summed E-state index contributed by atoms with van der Waals surface area (Å²) in [5.41, 5.74) is 0.861. The molecular formula is C32H48O5. The molecule has 8 atom stereocenters. The number of methoxy groups -OCH3 is 1. The van der Waals surface area contributed by atoms with E-state index in [0.717, 1.165) is 50.5 Å². The first kappa shape index (κ1) is 26.9. The summed E-state index contributed by atoms with van der Waals surface area (Å²) in [6.07, 6.45) is 9.17. The molecule has 0 radical (unpaired) electrons. The van der Waals surface area contributed by atoms with Crippen LogP contribution in [0, 0.1) is 44.8 Å². The number of rotatable bonds is 2. The molecular weight excluding hydrogens is 464 g/mol. The number of allylic oxidation sites excluding steroid dienone is 1. The van der Waals surface area contributed by atoms with Crippen molar-refractivity contribution in [3.05, 3.63) is 11.1 Å². The molecule has 5 nitrogen and oxygen atoms in total. The van der Waals surface area contributed by atoms with E-state index in [9.17, 15) is 14.4 Å². The second-order valence-corrected chi connectivity index (χ2v) is 14.8. The number of hydrogen-bond acceptors (Lipinski definition) is 5. The van der Waals surface area contributed by atoms with Gasteiger partial charge in [-0.05, 0) is 98.2 Å². The monoisotopic (exact) mass is 512 g/mol. The zero-order chi connectivity index (χ0) is 27.2. The first-order chi connectivity index (χ1) is 17.2. The maximum Gasteiger partial charge on any atom is 0.316 e.